The lowest BCUT2D eigenvalue weighted by molar-refractivity contribution is -0.124. The third kappa shape index (κ3) is 1.71. The maximum absolute atomic E-state index is 12.4. The van der Waals surface area contributed by atoms with Crippen LogP contribution in [0, 0.1) is 11.8 Å². The molecule has 3 unspecified atom stereocenters. The summed E-state index contributed by atoms with van der Waals surface area (Å²) in [6.07, 6.45) is 4.08. The van der Waals surface area contributed by atoms with Crippen molar-refractivity contribution in [3.05, 3.63) is 35.4 Å². The van der Waals surface area contributed by atoms with Crippen molar-refractivity contribution >= 4 is 5.91 Å². The third-order valence-corrected chi connectivity index (χ3v) is 5.18. The van der Waals surface area contributed by atoms with Gasteiger partial charge in [-0.15, -0.1) is 0 Å². The molecule has 0 bridgehead atoms. The number of hydrogen-bond acceptors (Lipinski definition) is 2. The van der Waals surface area contributed by atoms with Crippen LogP contribution in [-0.4, -0.2) is 23.2 Å². The molecule has 0 spiro atoms. The van der Waals surface area contributed by atoms with E-state index in [9.17, 15) is 9.90 Å². The summed E-state index contributed by atoms with van der Waals surface area (Å²) in [4.78, 5) is 12.4. The van der Waals surface area contributed by atoms with E-state index in [0.717, 1.165) is 25.7 Å². The summed E-state index contributed by atoms with van der Waals surface area (Å²) in [5.74, 6) is 1.27. The standard InChI is InChI=1S/C16H19NO2/c18-9-16(7-8-16)17-15(19)14-12-6-5-10-3-1-2-4-11(10)13(12)14/h1-4,12-14,18H,5-9H2,(H,17,19). The van der Waals surface area contributed by atoms with Crippen molar-refractivity contribution < 1.29 is 9.90 Å². The van der Waals surface area contributed by atoms with E-state index in [4.69, 9.17) is 0 Å². The van der Waals surface area contributed by atoms with Crippen LogP contribution in [0.15, 0.2) is 24.3 Å². The van der Waals surface area contributed by atoms with E-state index in [-0.39, 0.29) is 24.0 Å². The second-order valence-electron chi connectivity index (χ2n) is 6.38. The topological polar surface area (TPSA) is 49.3 Å². The smallest absolute Gasteiger partial charge is 0.224 e. The first-order valence-corrected chi connectivity index (χ1v) is 7.25. The summed E-state index contributed by atoms with van der Waals surface area (Å²) >= 11 is 0. The largest absolute Gasteiger partial charge is 0.394 e. The minimum atomic E-state index is -0.275. The molecule has 3 atom stereocenters. The van der Waals surface area contributed by atoms with Crippen LogP contribution in [0.2, 0.25) is 0 Å². The van der Waals surface area contributed by atoms with E-state index >= 15 is 0 Å². The molecule has 0 aromatic heterocycles. The first-order valence-electron chi connectivity index (χ1n) is 7.25. The predicted octanol–water partition coefficient (Wildman–Crippen LogP) is 1.60. The van der Waals surface area contributed by atoms with Crippen LogP contribution in [0.25, 0.3) is 0 Å². The van der Waals surface area contributed by atoms with E-state index in [2.05, 4.69) is 29.6 Å². The Bertz CT molecular complexity index is 535. The number of aliphatic hydroxyl groups excluding tert-OH is 1. The molecule has 100 valence electrons. The number of amides is 1. The molecule has 2 saturated carbocycles. The molecule has 0 saturated heterocycles. The molecule has 2 N–H and O–H groups in total. The summed E-state index contributed by atoms with van der Waals surface area (Å²) < 4.78 is 0. The number of carbonyl (C=O) groups excluding carboxylic acids is 1. The van der Waals surface area contributed by atoms with Gasteiger partial charge in [-0.05, 0) is 48.6 Å². The van der Waals surface area contributed by atoms with Gasteiger partial charge < -0.3 is 10.4 Å². The summed E-state index contributed by atoms with van der Waals surface area (Å²) in [5, 5.41) is 12.4. The zero-order valence-electron chi connectivity index (χ0n) is 10.9. The fourth-order valence-corrected chi connectivity index (χ4v) is 3.74. The van der Waals surface area contributed by atoms with Crippen molar-refractivity contribution in [1.82, 2.24) is 5.32 Å². The van der Waals surface area contributed by atoms with Crippen LogP contribution < -0.4 is 5.32 Å². The van der Waals surface area contributed by atoms with Gasteiger partial charge >= 0.3 is 0 Å². The normalized spacial score (nSPS) is 33.0. The van der Waals surface area contributed by atoms with Crippen molar-refractivity contribution in [3.63, 3.8) is 0 Å². The molecular formula is C16H19NO2. The van der Waals surface area contributed by atoms with Gasteiger partial charge in [0.05, 0.1) is 12.1 Å². The number of aryl methyl sites for hydroxylation is 1. The average molecular weight is 257 g/mol. The van der Waals surface area contributed by atoms with Crippen LogP contribution in [0.4, 0.5) is 0 Å². The SMILES string of the molecule is O=C(NC1(CO)CC1)C1C2CCc3ccccc3C21. The summed E-state index contributed by atoms with van der Waals surface area (Å²) in [6.45, 7) is 0.0807. The molecule has 1 aromatic rings. The van der Waals surface area contributed by atoms with Crippen molar-refractivity contribution in [2.45, 2.75) is 37.1 Å². The van der Waals surface area contributed by atoms with Gasteiger partial charge in [0.25, 0.3) is 0 Å². The first-order chi connectivity index (χ1) is 9.24. The maximum atomic E-state index is 12.4. The van der Waals surface area contributed by atoms with Gasteiger partial charge in [-0.3, -0.25) is 4.79 Å². The van der Waals surface area contributed by atoms with Gasteiger partial charge in [0, 0.05) is 5.92 Å². The van der Waals surface area contributed by atoms with E-state index in [1.807, 2.05) is 0 Å². The molecular weight excluding hydrogens is 238 g/mol. The van der Waals surface area contributed by atoms with Crippen LogP contribution in [0.1, 0.15) is 36.3 Å². The quantitative estimate of drug-likeness (QED) is 0.864. The molecule has 19 heavy (non-hydrogen) atoms. The molecule has 3 nitrogen and oxygen atoms in total. The Morgan fingerprint density at radius 1 is 1.37 bits per heavy atom. The minimum Gasteiger partial charge on any atom is -0.394 e. The highest BCUT2D eigenvalue weighted by Crippen LogP contribution is 2.60. The lowest BCUT2D eigenvalue weighted by Gasteiger charge is -2.14. The highest BCUT2D eigenvalue weighted by atomic mass is 16.3. The lowest BCUT2D eigenvalue weighted by Crippen LogP contribution is -2.40. The van der Waals surface area contributed by atoms with Crippen molar-refractivity contribution in [1.29, 1.82) is 0 Å². The number of carbonyl (C=O) groups is 1. The van der Waals surface area contributed by atoms with Crippen LogP contribution in [0.5, 0.6) is 0 Å². The Hall–Kier alpha value is -1.35. The maximum Gasteiger partial charge on any atom is 0.224 e. The van der Waals surface area contributed by atoms with Crippen LogP contribution in [-0.2, 0) is 11.2 Å². The van der Waals surface area contributed by atoms with Crippen LogP contribution >= 0.6 is 0 Å². The Morgan fingerprint density at radius 3 is 2.89 bits per heavy atom. The highest BCUT2D eigenvalue weighted by Gasteiger charge is 2.58. The van der Waals surface area contributed by atoms with Gasteiger partial charge in [-0.1, -0.05) is 24.3 Å². The third-order valence-electron chi connectivity index (χ3n) is 5.18. The van der Waals surface area contributed by atoms with Gasteiger partial charge in [0.15, 0.2) is 0 Å². The van der Waals surface area contributed by atoms with Gasteiger partial charge in [-0.25, -0.2) is 0 Å². The van der Waals surface area contributed by atoms with E-state index in [1.54, 1.807) is 0 Å². The number of hydrogen-bond donors (Lipinski definition) is 2. The molecule has 2 fully saturated rings. The van der Waals surface area contributed by atoms with E-state index in [1.165, 1.54) is 11.1 Å². The molecule has 0 aliphatic heterocycles. The second kappa shape index (κ2) is 3.83. The molecule has 1 aromatic carbocycles. The molecule has 3 aliphatic carbocycles. The van der Waals surface area contributed by atoms with Crippen molar-refractivity contribution in [3.8, 4) is 0 Å². The first kappa shape index (κ1) is 11.5. The second-order valence-corrected chi connectivity index (χ2v) is 6.38. The van der Waals surface area contributed by atoms with Gasteiger partial charge in [0.1, 0.15) is 0 Å². The molecule has 1 amide bonds. The number of aliphatic hydroxyl groups is 1. The zero-order chi connectivity index (χ0) is 13.0. The number of benzene rings is 1. The number of fused-ring (bicyclic) bond motifs is 3. The molecule has 0 heterocycles. The lowest BCUT2D eigenvalue weighted by atomic mass is 9.92. The summed E-state index contributed by atoms with van der Waals surface area (Å²) in [7, 11) is 0. The molecule has 3 aliphatic rings. The average Bonchev–Trinajstić information content (AvgIpc) is 3.33. The van der Waals surface area contributed by atoms with Crippen molar-refractivity contribution in [2.75, 3.05) is 6.61 Å². The molecule has 3 heteroatoms. The Kier molecular flexibility index (Phi) is 2.31. The van der Waals surface area contributed by atoms with Gasteiger partial charge in [-0.2, -0.15) is 0 Å². The molecule has 0 radical (unpaired) electrons. The predicted molar refractivity (Wildman–Crippen MR) is 71.7 cm³/mol. The Labute approximate surface area is 113 Å². The fraction of sp³-hybridized carbons (Fsp3) is 0.562. The minimum absolute atomic E-state index is 0.0807. The fourth-order valence-electron chi connectivity index (χ4n) is 3.74. The van der Waals surface area contributed by atoms with E-state index in [0.29, 0.717) is 11.8 Å². The molecule has 4 rings (SSSR count). The number of nitrogens with one attached hydrogen (secondary N) is 1. The van der Waals surface area contributed by atoms with Gasteiger partial charge in [0.2, 0.25) is 5.91 Å². The Balaban J connectivity index is 1.52. The summed E-state index contributed by atoms with van der Waals surface area (Å²) in [5.41, 5.74) is 2.53. The van der Waals surface area contributed by atoms with E-state index < -0.39 is 0 Å². The monoisotopic (exact) mass is 257 g/mol. The highest BCUT2D eigenvalue weighted by molar-refractivity contribution is 5.85. The number of rotatable bonds is 3. The summed E-state index contributed by atoms with van der Waals surface area (Å²) in [6, 6.07) is 8.53. The van der Waals surface area contributed by atoms with Crippen molar-refractivity contribution in [2.24, 2.45) is 11.8 Å². The Morgan fingerprint density at radius 2 is 2.16 bits per heavy atom. The van der Waals surface area contributed by atoms with Crippen LogP contribution in [0.3, 0.4) is 0 Å². The zero-order valence-corrected chi connectivity index (χ0v) is 10.9.